The lowest BCUT2D eigenvalue weighted by atomic mass is 9.73. The average molecular weight is 883 g/mol. The first-order valence-corrected chi connectivity index (χ1v) is 22.5. The zero-order valence-electron chi connectivity index (χ0n) is 36.0. The highest BCUT2D eigenvalue weighted by atomic mass is 35.5. The highest BCUT2D eigenvalue weighted by molar-refractivity contribution is 6.33. The van der Waals surface area contributed by atoms with Gasteiger partial charge in [-0.3, -0.25) is 24.4 Å². The Bertz CT molecular complexity index is 2710. The smallest absolute Gasteiger partial charge is 0.301 e. The van der Waals surface area contributed by atoms with Crippen LogP contribution in [-0.4, -0.2) is 92.3 Å². The number of rotatable bonds is 8. The van der Waals surface area contributed by atoms with Gasteiger partial charge in [0.1, 0.15) is 5.02 Å². The van der Waals surface area contributed by atoms with Crippen LogP contribution >= 0.6 is 11.6 Å². The predicted molar refractivity (Wildman–Crippen MR) is 238 cm³/mol. The molecule has 63 heavy (non-hydrogen) atoms. The number of nitrogens with zero attached hydrogens (tertiary/aromatic N) is 7. The number of fused-ring (bicyclic) bond motifs is 4. The fourth-order valence-corrected chi connectivity index (χ4v) is 10.6. The van der Waals surface area contributed by atoms with Crippen molar-refractivity contribution in [2.24, 2.45) is 31.3 Å². The van der Waals surface area contributed by atoms with Crippen LogP contribution < -0.4 is 31.1 Å². The van der Waals surface area contributed by atoms with E-state index in [1.165, 1.54) is 10.1 Å². The summed E-state index contributed by atoms with van der Waals surface area (Å²) in [7, 11) is 3.53. The zero-order chi connectivity index (χ0) is 43.9. The van der Waals surface area contributed by atoms with Crippen LogP contribution in [0.1, 0.15) is 81.9 Å². The van der Waals surface area contributed by atoms with Crippen LogP contribution in [0.5, 0.6) is 5.75 Å². The molecule has 14 nitrogen and oxygen atoms in total. The third kappa shape index (κ3) is 7.76. The van der Waals surface area contributed by atoms with Crippen molar-refractivity contribution in [3.05, 3.63) is 69.2 Å². The van der Waals surface area contributed by atoms with Crippen LogP contribution in [0.4, 0.5) is 31.9 Å². The second-order valence-electron chi connectivity index (χ2n) is 19.1. The molecule has 0 spiro atoms. The van der Waals surface area contributed by atoms with Gasteiger partial charge >= 0.3 is 5.92 Å². The fraction of sp³-hybridized carbons (Fsp3) is 0.522. The van der Waals surface area contributed by atoms with Gasteiger partial charge < -0.3 is 29.7 Å². The number of aryl methyl sites for hydroxylation is 2. The summed E-state index contributed by atoms with van der Waals surface area (Å²) in [5.41, 5.74) is 4.04. The number of halogens is 3. The van der Waals surface area contributed by atoms with Gasteiger partial charge in [-0.05, 0) is 105 Å². The van der Waals surface area contributed by atoms with E-state index in [2.05, 4.69) is 62.8 Å². The molecule has 1 aliphatic carbocycles. The van der Waals surface area contributed by atoms with Gasteiger partial charge in [0, 0.05) is 56.6 Å². The molecular weight excluding hydrogens is 830 g/mol. The molecule has 1 saturated carbocycles. The van der Waals surface area contributed by atoms with E-state index >= 15 is 8.78 Å². The number of alkyl halides is 2. The van der Waals surface area contributed by atoms with Gasteiger partial charge in [0.15, 0.2) is 12.4 Å². The third-order valence-corrected chi connectivity index (χ3v) is 14.6. The number of nitrogens with one attached hydrogen (secondary N) is 3. The second kappa shape index (κ2) is 15.7. The van der Waals surface area contributed by atoms with Crippen molar-refractivity contribution in [1.82, 2.24) is 34.5 Å². The molecule has 0 bridgehead atoms. The number of aromatic nitrogens is 5. The number of pyridine rings is 1. The van der Waals surface area contributed by atoms with Gasteiger partial charge in [-0.1, -0.05) is 37.6 Å². The maximum absolute atomic E-state index is 15.2. The Kier molecular flexibility index (Phi) is 10.4. The van der Waals surface area contributed by atoms with Gasteiger partial charge in [-0.25, -0.2) is 13.8 Å². The molecule has 3 N–H and O–H groups in total. The first-order chi connectivity index (χ1) is 30.1. The molecule has 3 aromatic heterocycles. The largest absolute Gasteiger partial charge is 0.480 e. The first-order valence-electron chi connectivity index (χ1n) is 22.1. The summed E-state index contributed by atoms with van der Waals surface area (Å²) in [6.07, 6.45) is 6.93. The van der Waals surface area contributed by atoms with Crippen molar-refractivity contribution in [3.8, 4) is 5.75 Å². The van der Waals surface area contributed by atoms with E-state index in [1.807, 2.05) is 23.9 Å². The van der Waals surface area contributed by atoms with E-state index in [0.29, 0.717) is 70.9 Å². The molecule has 0 radical (unpaired) electrons. The predicted octanol–water partition coefficient (Wildman–Crippen LogP) is 7.08. The van der Waals surface area contributed by atoms with Crippen LogP contribution in [0.15, 0.2) is 47.4 Å². The second-order valence-corrected chi connectivity index (χ2v) is 19.5. The van der Waals surface area contributed by atoms with Crippen LogP contribution in [-0.2, 0) is 23.7 Å². The molecule has 5 aromatic rings. The summed E-state index contributed by atoms with van der Waals surface area (Å²) >= 11 is 6.69. The van der Waals surface area contributed by atoms with E-state index in [0.717, 1.165) is 68.6 Å². The Morgan fingerprint density at radius 3 is 2.49 bits per heavy atom. The number of imide groups is 1. The van der Waals surface area contributed by atoms with E-state index in [9.17, 15) is 14.4 Å². The van der Waals surface area contributed by atoms with Crippen molar-refractivity contribution < 1.29 is 23.1 Å². The van der Waals surface area contributed by atoms with Gasteiger partial charge in [0.2, 0.25) is 23.5 Å². The Morgan fingerprint density at radius 2 is 1.75 bits per heavy atom. The molecule has 3 saturated heterocycles. The normalized spacial score (nSPS) is 24.1. The van der Waals surface area contributed by atoms with E-state index in [-0.39, 0.29) is 34.6 Å². The van der Waals surface area contributed by atoms with E-state index < -0.39 is 30.0 Å². The van der Waals surface area contributed by atoms with Crippen LogP contribution in [0.3, 0.4) is 0 Å². The number of hydrogen-bond donors (Lipinski definition) is 3. The molecule has 5 aliphatic rings. The zero-order valence-corrected chi connectivity index (χ0v) is 36.8. The van der Waals surface area contributed by atoms with Crippen molar-refractivity contribution in [1.29, 1.82) is 0 Å². The summed E-state index contributed by atoms with van der Waals surface area (Å²) in [6.45, 7) is 8.42. The molecule has 10 rings (SSSR count). The van der Waals surface area contributed by atoms with Crippen molar-refractivity contribution in [2.45, 2.75) is 82.6 Å². The summed E-state index contributed by atoms with van der Waals surface area (Å²) in [5, 5.41) is 15.5. The standard InChI is InChI=1S/C46H53ClF2N10O4/c1-45(2)23-59(18-15-28(45)22-58-16-13-25(14-17-58)27-7-9-30-35(19-27)57(4)55-37(30)31-10-12-36(60)52-42(31)61)44-50-21-33(47)41(54-44)51-29-8-11-34-32(20-29)38-39(43(62)56(34)3)63-24-46(48,49)40(53-38)26-5-6-26/h7-9,11,19-21,25-26,28,31,40,53H,5-6,10,12-18,22-24H2,1-4H3,(H,50,51,54)(H,52,60,61). The molecule has 3 atom stereocenters. The molecule has 332 valence electrons. The van der Waals surface area contributed by atoms with Gasteiger partial charge in [0.05, 0.1) is 40.6 Å². The Balaban J connectivity index is 0.791. The van der Waals surface area contributed by atoms with Gasteiger partial charge in [-0.15, -0.1) is 0 Å². The molecule has 3 unspecified atom stereocenters. The molecule has 7 heterocycles. The number of benzene rings is 2. The highest BCUT2D eigenvalue weighted by Crippen LogP contribution is 2.46. The topological polar surface area (TPSA) is 152 Å². The average Bonchev–Trinajstić information content (AvgIpc) is 4.06. The van der Waals surface area contributed by atoms with Crippen molar-refractivity contribution >= 4 is 68.4 Å². The summed E-state index contributed by atoms with van der Waals surface area (Å²) < 4.78 is 39.2. The minimum absolute atomic E-state index is 0.0210. The lowest BCUT2D eigenvalue weighted by Crippen LogP contribution is -2.50. The van der Waals surface area contributed by atoms with Crippen molar-refractivity contribution in [2.75, 3.05) is 54.9 Å². The maximum Gasteiger partial charge on any atom is 0.301 e. The molecule has 4 fully saturated rings. The molecular formula is C46H53ClF2N10O4. The number of carbonyl (C=O) groups excluding carboxylic acids is 2. The highest BCUT2D eigenvalue weighted by Gasteiger charge is 2.51. The van der Waals surface area contributed by atoms with E-state index in [1.54, 1.807) is 19.3 Å². The summed E-state index contributed by atoms with van der Waals surface area (Å²) in [4.78, 5) is 52.1. The third-order valence-electron chi connectivity index (χ3n) is 14.3. The fourth-order valence-electron chi connectivity index (χ4n) is 10.5. The van der Waals surface area contributed by atoms with Crippen LogP contribution in [0.2, 0.25) is 5.02 Å². The van der Waals surface area contributed by atoms with Crippen LogP contribution in [0, 0.1) is 17.3 Å². The van der Waals surface area contributed by atoms with Gasteiger partial charge in [-0.2, -0.15) is 10.1 Å². The number of piperidine rings is 3. The number of ether oxygens (including phenoxy) is 1. The maximum atomic E-state index is 15.2. The molecule has 2 amide bonds. The first kappa shape index (κ1) is 41.6. The van der Waals surface area contributed by atoms with E-state index in [4.69, 9.17) is 26.4 Å². The quantitative estimate of drug-likeness (QED) is 0.137. The van der Waals surface area contributed by atoms with Crippen molar-refractivity contribution in [3.63, 3.8) is 0 Å². The summed E-state index contributed by atoms with van der Waals surface area (Å²) in [6, 6.07) is 10.8. The minimum atomic E-state index is -3.13. The van der Waals surface area contributed by atoms with Crippen LogP contribution in [0.25, 0.3) is 21.8 Å². The van der Waals surface area contributed by atoms with Gasteiger partial charge in [0.25, 0.3) is 5.56 Å². The Hall–Kier alpha value is -5.35. The lowest BCUT2D eigenvalue weighted by Gasteiger charge is -2.46. The Labute approximate surface area is 368 Å². The number of hydrogen-bond acceptors (Lipinski definition) is 11. The number of amides is 2. The molecule has 2 aromatic carbocycles. The summed E-state index contributed by atoms with van der Waals surface area (Å²) in [5.74, 6) is -2.41. The number of carbonyl (C=O) groups is 2. The number of anilines is 4. The SMILES string of the molecule is Cn1nc(C2CCC(=O)NC2=O)c2ccc(C3CCN(CC4CCN(c5ncc(Cl)c(Nc6ccc7c(c6)c6c(c(=O)n7C)OCC(F)(F)C(C7CC7)N6)n5)CC4(C)C)CC3)cc21. The Morgan fingerprint density at radius 1 is 0.952 bits per heavy atom. The number of likely N-dealkylation sites (tertiary alicyclic amines) is 1. The lowest BCUT2D eigenvalue weighted by molar-refractivity contribution is -0.134. The minimum Gasteiger partial charge on any atom is -0.480 e. The molecule has 17 heteroatoms. The molecule has 4 aliphatic heterocycles. The monoisotopic (exact) mass is 882 g/mol.